The van der Waals surface area contributed by atoms with Gasteiger partial charge in [0.1, 0.15) is 11.5 Å². The summed E-state index contributed by atoms with van der Waals surface area (Å²) in [6.07, 6.45) is 0. The van der Waals surface area contributed by atoms with E-state index in [1.54, 1.807) is 20.1 Å². The number of rotatable bonds is 5. The number of nitrogens with zero attached hydrogens (tertiary/aromatic N) is 3. The number of carbonyl (C=O) groups excluding carboxylic acids is 1. The highest BCUT2D eigenvalue weighted by atomic mass is 32.1. The van der Waals surface area contributed by atoms with Crippen molar-refractivity contribution in [3.8, 4) is 22.7 Å². The fourth-order valence-electron chi connectivity index (χ4n) is 3.24. The van der Waals surface area contributed by atoms with Crippen molar-refractivity contribution in [3.63, 3.8) is 0 Å². The van der Waals surface area contributed by atoms with Crippen molar-refractivity contribution >= 4 is 22.4 Å². The molecule has 0 aliphatic rings. The molecule has 0 saturated heterocycles. The van der Waals surface area contributed by atoms with Crippen LogP contribution in [0.2, 0.25) is 0 Å². The van der Waals surface area contributed by atoms with Crippen LogP contribution in [0, 0.1) is 20.8 Å². The topological polar surface area (TPSA) is 82.2 Å². The monoisotopic (exact) mass is 408 g/mol. The van der Waals surface area contributed by atoms with Crippen molar-refractivity contribution in [2.24, 2.45) is 0 Å². The molecule has 3 aromatic heterocycles. The number of benzene rings is 1. The van der Waals surface area contributed by atoms with Gasteiger partial charge in [0.15, 0.2) is 10.8 Å². The van der Waals surface area contributed by atoms with Crippen molar-refractivity contribution in [2.75, 3.05) is 12.4 Å². The van der Waals surface area contributed by atoms with Gasteiger partial charge in [-0.05, 0) is 51.1 Å². The predicted molar refractivity (Wildman–Crippen MR) is 112 cm³/mol. The zero-order valence-corrected chi connectivity index (χ0v) is 17.3. The van der Waals surface area contributed by atoms with Crippen molar-refractivity contribution in [2.45, 2.75) is 20.8 Å². The van der Waals surface area contributed by atoms with Crippen LogP contribution in [0.15, 0.2) is 46.3 Å². The van der Waals surface area contributed by atoms with E-state index in [2.05, 4.69) is 39.9 Å². The quantitative estimate of drug-likeness (QED) is 0.514. The average Bonchev–Trinajstić information content (AvgIpc) is 3.41. The summed E-state index contributed by atoms with van der Waals surface area (Å²) in [5.74, 6) is 1.06. The van der Waals surface area contributed by atoms with Crippen LogP contribution < -0.4 is 10.1 Å². The molecular weight excluding hydrogens is 388 g/mol. The first-order chi connectivity index (χ1) is 14.0. The molecule has 0 fully saturated rings. The molecule has 0 atom stereocenters. The Hall–Kier alpha value is -3.39. The van der Waals surface area contributed by atoms with E-state index < -0.39 is 0 Å². The first-order valence-electron chi connectivity index (χ1n) is 9.00. The third kappa shape index (κ3) is 3.66. The molecule has 1 aromatic carbocycles. The van der Waals surface area contributed by atoms with E-state index >= 15 is 0 Å². The summed E-state index contributed by atoms with van der Waals surface area (Å²) >= 11 is 1.37. The van der Waals surface area contributed by atoms with E-state index in [1.807, 2.05) is 29.6 Å². The van der Waals surface area contributed by atoms with Crippen molar-refractivity contribution in [3.05, 3.63) is 64.6 Å². The van der Waals surface area contributed by atoms with Gasteiger partial charge in [0.05, 0.1) is 12.8 Å². The summed E-state index contributed by atoms with van der Waals surface area (Å²) in [6.45, 7) is 5.86. The number of hydrogen-bond acceptors (Lipinski definition) is 6. The first-order valence-corrected chi connectivity index (χ1v) is 9.88. The molecule has 29 heavy (non-hydrogen) atoms. The van der Waals surface area contributed by atoms with Crippen LogP contribution >= 0.6 is 11.3 Å². The predicted octanol–water partition coefficient (Wildman–Crippen LogP) is 4.77. The number of nitrogens with one attached hydrogen (secondary N) is 1. The van der Waals surface area contributed by atoms with Crippen molar-refractivity contribution in [1.29, 1.82) is 0 Å². The third-order valence-corrected chi connectivity index (χ3v) is 5.38. The molecule has 0 bridgehead atoms. The molecule has 0 radical (unpaired) electrons. The van der Waals surface area contributed by atoms with Crippen LogP contribution in [0.3, 0.4) is 0 Å². The van der Waals surface area contributed by atoms with Crippen molar-refractivity contribution in [1.82, 2.24) is 14.7 Å². The molecule has 7 nitrogen and oxygen atoms in total. The lowest BCUT2D eigenvalue weighted by Crippen LogP contribution is -2.11. The summed E-state index contributed by atoms with van der Waals surface area (Å²) in [6, 6.07) is 11.6. The van der Waals surface area contributed by atoms with Gasteiger partial charge < -0.3 is 13.8 Å². The number of aromatic nitrogens is 3. The highest BCUT2D eigenvalue weighted by molar-refractivity contribution is 7.14. The van der Waals surface area contributed by atoms with E-state index in [0.717, 1.165) is 34.1 Å². The van der Waals surface area contributed by atoms with Gasteiger partial charge in [0.2, 0.25) is 0 Å². The maximum absolute atomic E-state index is 12.3. The Labute approximate surface area is 171 Å². The van der Waals surface area contributed by atoms with Gasteiger partial charge in [-0.3, -0.25) is 10.1 Å². The second-order valence-corrected chi connectivity index (χ2v) is 7.49. The van der Waals surface area contributed by atoms with E-state index in [9.17, 15) is 4.79 Å². The largest absolute Gasteiger partial charge is 0.497 e. The number of anilines is 1. The molecule has 8 heteroatoms. The zero-order chi connectivity index (χ0) is 20.5. The molecular formula is C21H20N4O3S. The SMILES string of the molecule is COc1ccc(-n2c(C)cc(-c3csc(NC(=O)c4cc(C)on4)n3)c2C)cc1. The van der Waals surface area contributed by atoms with Crippen LogP contribution in [0.4, 0.5) is 5.13 Å². The van der Waals surface area contributed by atoms with Gasteiger partial charge in [-0.1, -0.05) is 5.16 Å². The molecule has 0 aliphatic carbocycles. The van der Waals surface area contributed by atoms with Gasteiger partial charge in [-0.15, -0.1) is 11.3 Å². The summed E-state index contributed by atoms with van der Waals surface area (Å²) in [5, 5.41) is 8.95. The molecule has 0 spiro atoms. The molecule has 1 N–H and O–H groups in total. The van der Waals surface area contributed by atoms with Gasteiger partial charge in [0, 0.05) is 34.1 Å². The molecule has 4 rings (SSSR count). The van der Waals surface area contributed by atoms with Gasteiger partial charge in [0.25, 0.3) is 5.91 Å². The number of thiazole rings is 1. The van der Waals surface area contributed by atoms with Crippen LogP contribution in [-0.4, -0.2) is 27.7 Å². The second kappa shape index (κ2) is 7.56. The molecule has 148 valence electrons. The van der Waals surface area contributed by atoms with Crippen LogP contribution in [-0.2, 0) is 0 Å². The number of carbonyl (C=O) groups is 1. The average molecular weight is 408 g/mol. The molecule has 1 amide bonds. The smallest absolute Gasteiger partial charge is 0.279 e. The fraction of sp³-hybridized carbons (Fsp3) is 0.190. The minimum Gasteiger partial charge on any atom is -0.497 e. The van der Waals surface area contributed by atoms with E-state index in [4.69, 9.17) is 9.26 Å². The lowest BCUT2D eigenvalue weighted by molar-refractivity contribution is 0.101. The standard InChI is InChI=1S/C21H20N4O3S/c1-12-9-17(14(3)25(12)15-5-7-16(27-4)8-6-15)19-11-29-21(22-19)23-20(26)18-10-13(2)28-24-18/h5-11H,1-4H3,(H,22,23,26). The summed E-state index contributed by atoms with van der Waals surface area (Å²) in [4.78, 5) is 16.8. The number of amides is 1. The Morgan fingerprint density at radius 3 is 2.59 bits per heavy atom. The summed E-state index contributed by atoms with van der Waals surface area (Å²) < 4.78 is 12.4. The van der Waals surface area contributed by atoms with E-state index in [1.165, 1.54) is 11.3 Å². The number of hydrogen-bond donors (Lipinski definition) is 1. The van der Waals surface area contributed by atoms with Crippen molar-refractivity contribution < 1.29 is 14.1 Å². The molecule has 4 aromatic rings. The zero-order valence-electron chi connectivity index (χ0n) is 16.5. The first kappa shape index (κ1) is 18.9. The highest BCUT2D eigenvalue weighted by Gasteiger charge is 2.17. The Morgan fingerprint density at radius 1 is 1.17 bits per heavy atom. The highest BCUT2D eigenvalue weighted by Crippen LogP contribution is 2.32. The van der Waals surface area contributed by atoms with Gasteiger partial charge in [-0.25, -0.2) is 4.98 Å². The van der Waals surface area contributed by atoms with Gasteiger partial charge in [-0.2, -0.15) is 0 Å². The van der Waals surface area contributed by atoms with E-state index in [0.29, 0.717) is 10.9 Å². The minimum atomic E-state index is -0.341. The Balaban J connectivity index is 1.60. The number of aryl methyl sites for hydroxylation is 2. The Bertz CT molecular complexity index is 1170. The minimum absolute atomic E-state index is 0.233. The summed E-state index contributed by atoms with van der Waals surface area (Å²) in [5.41, 5.74) is 5.29. The fourth-order valence-corrected chi connectivity index (χ4v) is 3.95. The van der Waals surface area contributed by atoms with Crippen LogP contribution in [0.1, 0.15) is 27.6 Å². The lowest BCUT2D eigenvalue weighted by Gasteiger charge is -2.10. The normalized spacial score (nSPS) is 10.9. The molecule has 0 aliphatic heterocycles. The second-order valence-electron chi connectivity index (χ2n) is 6.63. The van der Waals surface area contributed by atoms with Gasteiger partial charge >= 0.3 is 0 Å². The number of methoxy groups -OCH3 is 1. The molecule has 0 saturated carbocycles. The van der Waals surface area contributed by atoms with Crippen LogP contribution in [0.5, 0.6) is 5.75 Å². The van der Waals surface area contributed by atoms with E-state index in [-0.39, 0.29) is 11.6 Å². The van der Waals surface area contributed by atoms with Crippen LogP contribution in [0.25, 0.3) is 16.9 Å². The Morgan fingerprint density at radius 2 is 1.93 bits per heavy atom. The summed E-state index contributed by atoms with van der Waals surface area (Å²) in [7, 11) is 1.65. The third-order valence-electron chi connectivity index (χ3n) is 4.62. The molecule has 3 heterocycles. The molecule has 0 unspecified atom stereocenters. The Kier molecular flexibility index (Phi) is 4.94. The maximum atomic E-state index is 12.3. The maximum Gasteiger partial charge on any atom is 0.279 e. The lowest BCUT2D eigenvalue weighted by atomic mass is 10.2. The number of ether oxygens (including phenoxy) is 1.